The van der Waals surface area contributed by atoms with Gasteiger partial charge in [-0.15, -0.1) is 10.2 Å². The molecule has 0 atom stereocenters. The van der Waals surface area contributed by atoms with E-state index >= 15 is 0 Å². The summed E-state index contributed by atoms with van der Waals surface area (Å²) in [7, 11) is 1.75. The quantitative estimate of drug-likeness (QED) is 0.486. The van der Waals surface area contributed by atoms with E-state index in [9.17, 15) is 4.79 Å². The number of carbonyl (C=O) groups excluding carboxylic acids is 1. The highest BCUT2D eigenvalue weighted by atomic mass is 16.1. The molecule has 27 heavy (non-hydrogen) atoms. The summed E-state index contributed by atoms with van der Waals surface area (Å²) in [5.74, 6) is 1.69. The molecule has 2 rings (SSSR count). The molecule has 0 unspecified atom stereocenters. The molecule has 8 heteroatoms. The molecule has 0 aliphatic heterocycles. The lowest BCUT2D eigenvalue weighted by molar-refractivity contribution is -0.118. The van der Waals surface area contributed by atoms with Gasteiger partial charge in [-0.05, 0) is 17.7 Å². The van der Waals surface area contributed by atoms with Crippen molar-refractivity contribution in [1.82, 2.24) is 25.4 Å². The van der Waals surface area contributed by atoms with Crippen molar-refractivity contribution >= 4 is 17.6 Å². The fraction of sp³-hybridized carbons (Fsp3) is 0.474. The second-order valence-corrected chi connectivity index (χ2v) is 6.49. The summed E-state index contributed by atoms with van der Waals surface area (Å²) in [6, 6.07) is 7.79. The van der Waals surface area contributed by atoms with Crippen molar-refractivity contribution in [3.8, 4) is 0 Å². The van der Waals surface area contributed by atoms with Gasteiger partial charge in [-0.2, -0.15) is 0 Å². The van der Waals surface area contributed by atoms with Gasteiger partial charge in [-0.3, -0.25) is 9.79 Å². The largest absolute Gasteiger partial charge is 0.355 e. The molecule has 0 radical (unpaired) electrons. The SMILES string of the molecule is CCc1nncn1CCNC(=NC)NCc1ccc(NC(=O)C(C)C)cc1. The maximum Gasteiger partial charge on any atom is 0.226 e. The molecular weight excluding hydrogens is 342 g/mol. The van der Waals surface area contributed by atoms with E-state index in [1.165, 1.54) is 0 Å². The lowest BCUT2D eigenvalue weighted by Crippen LogP contribution is -2.38. The highest BCUT2D eigenvalue weighted by Crippen LogP contribution is 2.10. The fourth-order valence-electron chi connectivity index (χ4n) is 2.43. The van der Waals surface area contributed by atoms with Crippen LogP contribution in [0.1, 0.15) is 32.2 Å². The van der Waals surface area contributed by atoms with Gasteiger partial charge in [0.05, 0.1) is 0 Å². The lowest BCUT2D eigenvalue weighted by atomic mass is 10.1. The Morgan fingerprint density at radius 1 is 1.22 bits per heavy atom. The van der Waals surface area contributed by atoms with Crippen LogP contribution in [0.4, 0.5) is 5.69 Å². The highest BCUT2D eigenvalue weighted by molar-refractivity contribution is 5.92. The number of nitrogens with zero attached hydrogens (tertiary/aromatic N) is 4. The summed E-state index contributed by atoms with van der Waals surface area (Å²) in [5.41, 5.74) is 1.91. The third-order valence-electron chi connectivity index (χ3n) is 4.09. The second-order valence-electron chi connectivity index (χ2n) is 6.49. The smallest absolute Gasteiger partial charge is 0.226 e. The zero-order valence-corrected chi connectivity index (χ0v) is 16.5. The zero-order valence-electron chi connectivity index (χ0n) is 16.5. The topological polar surface area (TPSA) is 96.2 Å². The van der Waals surface area contributed by atoms with E-state index in [0.29, 0.717) is 6.54 Å². The van der Waals surface area contributed by atoms with Crippen LogP contribution in [0.15, 0.2) is 35.6 Å². The van der Waals surface area contributed by atoms with Gasteiger partial charge < -0.3 is 20.5 Å². The van der Waals surface area contributed by atoms with Gasteiger partial charge in [0.15, 0.2) is 5.96 Å². The molecule has 1 heterocycles. The van der Waals surface area contributed by atoms with Gasteiger partial charge in [0, 0.05) is 44.7 Å². The normalized spacial score (nSPS) is 11.5. The molecule has 1 aromatic heterocycles. The third kappa shape index (κ3) is 6.40. The first-order valence-electron chi connectivity index (χ1n) is 9.24. The Kier molecular flexibility index (Phi) is 7.79. The molecule has 0 aliphatic carbocycles. The van der Waals surface area contributed by atoms with Crippen molar-refractivity contribution in [2.24, 2.45) is 10.9 Å². The summed E-state index contributed by atoms with van der Waals surface area (Å²) in [5, 5.41) is 17.5. The molecule has 0 aliphatic rings. The van der Waals surface area contributed by atoms with Crippen LogP contribution in [-0.4, -0.2) is 40.2 Å². The maximum absolute atomic E-state index is 11.7. The van der Waals surface area contributed by atoms with Crippen LogP contribution < -0.4 is 16.0 Å². The first-order valence-corrected chi connectivity index (χ1v) is 9.24. The minimum Gasteiger partial charge on any atom is -0.355 e. The molecule has 0 saturated heterocycles. The standard InChI is InChI=1S/C19H29N7O/c1-5-17-25-23-13-26(17)11-10-21-19(20-4)22-12-15-6-8-16(9-7-15)24-18(27)14(2)3/h6-9,13-14H,5,10-12H2,1-4H3,(H,24,27)(H2,20,21,22). The number of aryl methyl sites for hydroxylation is 1. The first-order chi connectivity index (χ1) is 13.0. The molecule has 2 aromatic rings. The number of guanidine groups is 1. The number of aliphatic imine (C=N–C) groups is 1. The molecular formula is C19H29N7O. The molecule has 8 nitrogen and oxygen atoms in total. The van der Waals surface area contributed by atoms with E-state index < -0.39 is 0 Å². The summed E-state index contributed by atoms with van der Waals surface area (Å²) >= 11 is 0. The van der Waals surface area contributed by atoms with Gasteiger partial charge in [0.1, 0.15) is 12.2 Å². The number of hydrogen-bond acceptors (Lipinski definition) is 4. The van der Waals surface area contributed by atoms with Crippen LogP contribution >= 0.6 is 0 Å². The number of anilines is 1. The summed E-state index contributed by atoms with van der Waals surface area (Å²) < 4.78 is 2.03. The fourth-order valence-corrected chi connectivity index (χ4v) is 2.43. The van der Waals surface area contributed by atoms with Crippen molar-refractivity contribution in [3.05, 3.63) is 42.0 Å². The van der Waals surface area contributed by atoms with Crippen molar-refractivity contribution in [1.29, 1.82) is 0 Å². The van der Waals surface area contributed by atoms with Crippen molar-refractivity contribution in [3.63, 3.8) is 0 Å². The number of amides is 1. The Morgan fingerprint density at radius 2 is 1.96 bits per heavy atom. The second kappa shape index (κ2) is 10.3. The third-order valence-corrected chi connectivity index (χ3v) is 4.09. The zero-order chi connectivity index (χ0) is 19.6. The van der Waals surface area contributed by atoms with E-state index in [0.717, 1.165) is 42.5 Å². The number of benzene rings is 1. The Labute approximate surface area is 160 Å². The average Bonchev–Trinajstić information content (AvgIpc) is 3.13. The number of rotatable bonds is 8. The van der Waals surface area contributed by atoms with Gasteiger partial charge >= 0.3 is 0 Å². The van der Waals surface area contributed by atoms with Crippen molar-refractivity contribution in [2.75, 3.05) is 18.9 Å². The number of nitrogens with one attached hydrogen (secondary N) is 3. The molecule has 0 saturated carbocycles. The van der Waals surface area contributed by atoms with Gasteiger partial charge in [0.25, 0.3) is 0 Å². The minimum absolute atomic E-state index is 0.0183. The predicted molar refractivity (Wildman–Crippen MR) is 108 cm³/mol. The number of carbonyl (C=O) groups is 1. The Hall–Kier alpha value is -2.90. The van der Waals surface area contributed by atoms with Crippen LogP contribution in [0.25, 0.3) is 0 Å². The molecule has 0 spiro atoms. The number of aromatic nitrogens is 3. The lowest BCUT2D eigenvalue weighted by Gasteiger charge is -2.13. The summed E-state index contributed by atoms with van der Waals surface area (Å²) in [4.78, 5) is 16.0. The van der Waals surface area contributed by atoms with E-state index in [4.69, 9.17) is 0 Å². The first kappa shape index (κ1) is 20.4. The average molecular weight is 371 g/mol. The molecule has 1 aromatic carbocycles. The van der Waals surface area contributed by atoms with E-state index in [-0.39, 0.29) is 11.8 Å². The van der Waals surface area contributed by atoms with Crippen molar-refractivity contribution < 1.29 is 4.79 Å². The molecule has 0 bridgehead atoms. The highest BCUT2D eigenvalue weighted by Gasteiger charge is 2.07. The van der Waals surface area contributed by atoms with Gasteiger partial charge in [0.2, 0.25) is 5.91 Å². The van der Waals surface area contributed by atoms with Gasteiger partial charge in [-0.25, -0.2) is 0 Å². The van der Waals surface area contributed by atoms with E-state index in [1.54, 1.807) is 13.4 Å². The molecule has 1 amide bonds. The van der Waals surface area contributed by atoms with Crippen LogP contribution in [0, 0.1) is 5.92 Å². The van der Waals surface area contributed by atoms with Crippen LogP contribution in [0.2, 0.25) is 0 Å². The maximum atomic E-state index is 11.7. The molecule has 3 N–H and O–H groups in total. The number of hydrogen-bond donors (Lipinski definition) is 3. The predicted octanol–water partition coefficient (Wildman–Crippen LogP) is 1.80. The monoisotopic (exact) mass is 371 g/mol. The van der Waals surface area contributed by atoms with Crippen molar-refractivity contribution in [2.45, 2.75) is 40.3 Å². The Morgan fingerprint density at radius 3 is 2.59 bits per heavy atom. The minimum atomic E-state index is -0.0350. The Bertz CT molecular complexity index is 750. The van der Waals surface area contributed by atoms with Crippen LogP contribution in [-0.2, 0) is 24.3 Å². The summed E-state index contributed by atoms with van der Waals surface area (Å²) in [6.07, 6.45) is 2.61. The van der Waals surface area contributed by atoms with Crippen LogP contribution in [0.5, 0.6) is 0 Å². The van der Waals surface area contributed by atoms with E-state index in [2.05, 4.69) is 38.1 Å². The van der Waals surface area contributed by atoms with Gasteiger partial charge in [-0.1, -0.05) is 32.9 Å². The van der Waals surface area contributed by atoms with Crippen LogP contribution in [0.3, 0.4) is 0 Å². The molecule has 0 fully saturated rings. The van der Waals surface area contributed by atoms with E-state index in [1.807, 2.05) is 42.7 Å². The molecule has 146 valence electrons. The summed E-state index contributed by atoms with van der Waals surface area (Å²) in [6.45, 7) is 7.96. The Balaban J connectivity index is 1.77.